The molecule has 1 aliphatic carbocycles. The van der Waals surface area contributed by atoms with Gasteiger partial charge in [-0.3, -0.25) is 4.90 Å². The van der Waals surface area contributed by atoms with Gasteiger partial charge >= 0.3 is 0 Å². The van der Waals surface area contributed by atoms with Gasteiger partial charge in [0.15, 0.2) is 0 Å². The summed E-state index contributed by atoms with van der Waals surface area (Å²) < 4.78 is 5.25. The Kier molecular flexibility index (Phi) is 10.2. The minimum absolute atomic E-state index is 0.250. The molecule has 0 amide bonds. The predicted octanol–water partition coefficient (Wildman–Crippen LogP) is 4.73. The number of aromatic nitrogens is 1. The van der Waals surface area contributed by atoms with Crippen molar-refractivity contribution in [3.05, 3.63) is 16.1 Å². The lowest BCUT2D eigenvalue weighted by molar-refractivity contribution is -0.0690. The van der Waals surface area contributed by atoms with Gasteiger partial charge in [0, 0.05) is 49.8 Å². The Morgan fingerprint density at radius 2 is 2.06 bits per heavy atom. The van der Waals surface area contributed by atoms with Gasteiger partial charge in [-0.25, -0.2) is 4.98 Å². The normalized spacial score (nSPS) is 24.2. The molecule has 1 aliphatic heterocycles. The molecule has 0 spiro atoms. The van der Waals surface area contributed by atoms with Gasteiger partial charge in [0.05, 0.1) is 0 Å². The minimum Gasteiger partial charge on any atom is -0.385 e. The van der Waals surface area contributed by atoms with E-state index in [9.17, 15) is 5.11 Å². The van der Waals surface area contributed by atoms with Crippen molar-refractivity contribution in [1.29, 1.82) is 0 Å². The van der Waals surface area contributed by atoms with Crippen LogP contribution in [0.4, 0.5) is 0 Å². The molecule has 178 valence electrons. The molecule has 1 saturated heterocycles. The molecule has 0 radical (unpaired) electrons. The summed E-state index contributed by atoms with van der Waals surface area (Å²) in [7, 11) is 3.84. The van der Waals surface area contributed by atoms with Crippen LogP contribution in [-0.4, -0.2) is 61.4 Å². The van der Waals surface area contributed by atoms with E-state index in [0.29, 0.717) is 6.04 Å². The number of piperidine rings is 1. The van der Waals surface area contributed by atoms with Gasteiger partial charge in [-0.1, -0.05) is 32.1 Å². The Balaban J connectivity index is 1.71. The lowest BCUT2D eigenvalue weighted by Gasteiger charge is -2.45. The number of likely N-dealkylation sites (tertiary alicyclic amines) is 1. The number of nitrogens with zero attached hydrogens (tertiary/aromatic N) is 2. The fraction of sp³-hybridized carbons (Fsp3) is 0.880. The maximum absolute atomic E-state index is 12.0. The topological polar surface area (TPSA) is 57.6 Å². The number of unbranched alkanes of at least 4 members (excludes halogenated alkanes) is 1. The standard InChI is InChI=1S/C25H45N3O2S/c1-20-17-27-24(31-20)25(29,13-7-8-15-30-3)22-12-9-14-28(19-22)23(18-26-2)16-21-10-5-4-6-11-21/h17,21-23,26,29H,4-16,18-19H2,1-3H3. The first-order valence-electron chi connectivity index (χ1n) is 12.6. The van der Waals surface area contributed by atoms with E-state index in [1.807, 2.05) is 6.20 Å². The zero-order valence-electron chi connectivity index (χ0n) is 20.1. The van der Waals surface area contributed by atoms with E-state index < -0.39 is 5.60 Å². The van der Waals surface area contributed by atoms with Crippen molar-refractivity contribution in [2.45, 2.75) is 89.2 Å². The molecule has 6 heteroatoms. The molecule has 1 aromatic heterocycles. The summed E-state index contributed by atoms with van der Waals surface area (Å²) in [4.78, 5) is 8.55. The number of rotatable bonds is 12. The Morgan fingerprint density at radius 1 is 1.26 bits per heavy atom. The highest BCUT2D eigenvalue weighted by molar-refractivity contribution is 7.11. The molecule has 0 bridgehead atoms. The largest absolute Gasteiger partial charge is 0.385 e. The van der Waals surface area contributed by atoms with E-state index in [1.165, 1.54) is 49.8 Å². The first-order chi connectivity index (χ1) is 15.1. The Hall–Kier alpha value is -0.530. The molecule has 3 atom stereocenters. The van der Waals surface area contributed by atoms with Crippen LogP contribution in [0.1, 0.15) is 80.5 Å². The fourth-order valence-electron chi connectivity index (χ4n) is 5.81. The lowest BCUT2D eigenvalue weighted by Crippen LogP contribution is -2.52. The summed E-state index contributed by atoms with van der Waals surface area (Å²) in [6.45, 7) is 6.04. The van der Waals surface area contributed by atoms with Crippen molar-refractivity contribution in [1.82, 2.24) is 15.2 Å². The number of thiazole rings is 1. The van der Waals surface area contributed by atoms with Crippen molar-refractivity contribution >= 4 is 11.3 Å². The number of hydrogen-bond acceptors (Lipinski definition) is 6. The smallest absolute Gasteiger partial charge is 0.125 e. The van der Waals surface area contributed by atoms with Gasteiger partial charge in [0.25, 0.3) is 0 Å². The zero-order chi connectivity index (χ0) is 22.1. The third-order valence-corrected chi connectivity index (χ3v) is 8.64. The lowest BCUT2D eigenvalue weighted by atomic mass is 9.77. The number of methoxy groups -OCH3 is 1. The maximum Gasteiger partial charge on any atom is 0.125 e. The highest BCUT2D eigenvalue weighted by Crippen LogP contribution is 2.42. The van der Waals surface area contributed by atoms with Gasteiger partial charge < -0.3 is 15.2 Å². The van der Waals surface area contributed by atoms with E-state index in [1.54, 1.807) is 18.4 Å². The Bertz CT molecular complexity index is 634. The molecule has 5 nitrogen and oxygen atoms in total. The third-order valence-electron chi connectivity index (χ3n) is 7.56. The highest BCUT2D eigenvalue weighted by atomic mass is 32.1. The van der Waals surface area contributed by atoms with Crippen molar-refractivity contribution in [2.24, 2.45) is 11.8 Å². The molecule has 3 rings (SSSR count). The second-order valence-corrected chi connectivity index (χ2v) is 11.2. The van der Waals surface area contributed by atoms with Gasteiger partial charge in [0.1, 0.15) is 10.6 Å². The summed E-state index contributed by atoms with van der Waals surface area (Å²) in [6.07, 6.45) is 15.3. The van der Waals surface area contributed by atoms with Gasteiger partial charge in [-0.2, -0.15) is 0 Å². The van der Waals surface area contributed by atoms with Crippen LogP contribution < -0.4 is 5.32 Å². The molecule has 2 heterocycles. The van der Waals surface area contributed by atoms with Gasteiger partial charge in [0.2, 0.25) is 0 Å². The summed E-state index contributed by atoms with van der Waals surface area (Å²) in [5.41, 5.74) is -0.819. The second kappa shape index (κ2) is 12.6. The average molecular weight is 452 g/mol. The Labute approximate surface area is 194 Å². The van der Waals surface area contributed by atoms with E-state index in [0.717, 1.165) is 62.8 Å². The molecule has 1 aromatic rings. The summed E-state index contributed by atoms with van der Waals surface area (Å²) in [6, 6.07) is 0.576. The predicted molar refractivity (Wildman–Crippen MR) is 130 cm³/mol. The van der Waals surface area contributed by atoms with Crippen LogP contribution in [0.3, 0.4) is 0 Å². The summed E-state index contributed by atoms with van der Waals surface area (Å²) in [5, 5.41) is 16.4. The number of nitrogens with one attached hydrogen (secondary N) is 1. The van der Waals surface area contributed by atoms with E-state index in [4.69, 9.17) is 4.74 Å². The number of hydrogen-bond donors (Lipinski definition) is 2. The maximum atomic E-state index is 12.0. The molecular weight excluding hydrogens is 406 g/mol. The summed E-state index contributed by atoms with van der Waals surface area (Å²) >= 11 is 1.68. The first-order valence-corrected chi connectivity index (χ1v) is 13.4. The number of aliphatic hydroxyl groups is 1. The quantitative estimate of drug-likeness (QED) is 0.450. The molecule has 31 heavy (non-hydrogen) atoms. The van der Waals surface area contributed by atoms with Crippen molar-refractivity contribution < 1.29 is 9.84 Å². The average Bonchev–Trinajstić information content (AvgIpc) is 3.24. The molecular formula is C25H45N3O2S. The minimum atomic E-state index is -0.819. The van der Waals surface area contributed by atoms with E-state index in [-0.39, 0.29) is 5.92 Å². The van der Waals surface area contributed by atoms with Gasteiger partial charge in [-0.05, 0) is 65.0 Å². The number of aryl methyl sites for hydroxylation is 1. The summed E-state index contributed by atoms with van der Waals surface area (Å²) in [5.74, 6) is 1.13. The van der Waals surface area contributed by atoms with Crippen molar-refractivity contribution in [2.75, 3.05) is 40.4 Å². The number of ether oxygens (including phenoxy) is 1. The van der Waals surface area contributed by atoms with Crippen LogP contribution in [0.5, 0.6) is 0 Å². The first kappa shape index (κ1) is 25.1. The van der Waals surface area contributed by atoms with Crippen LogP contribution in [-0.2, 0) is 10.3 Å². The van der Waals surface area contributed by atoms with Gasteiger partial charge in [-0.15, -0.1) is 11.3 Å². The zero-order valence-corrected chi connectivity index (χ0v) is 20.9. The van der Waals surface area contributed by atoms with Crippen LogP contribution in [0.15, 0.2) is 6.20 Å². The molecule has 2 fully saturated rings. The van der Waals surface area contributed by atoms with Crippen molar-refractivity contribution in [3.63, 3.8) is 0 Å². The number of likely N-dealkylation sites (N-methyl/N-ethyl adjacent to an activating group) is 1. The van der Waals surface area contributed by atoms with Crippen LogP contribution >= 0.6 is 11.3 Å². The fourth-order valence-corrected chi connectivity index (χ4v) is 6.78. The van der Waals surface area contributed by atoms with Crippen LogP contribution in [0, 0.1) is 18.8 Å². The highest BCUT2D eigenvalue weighted by Gasteiger charge is 2.43. The monoisotopic (exact) mass is 451 g/mol. The SMILES string of the molecule is CNCC(CC1CCCCC1)N1CCCC(C(O)(CCCCOC)c2ncc(C)s2)C1. The third kappa shape index (κ3) is 6.97. The van der Waals surface area contributed by atoms with Crippen LogP contribution in [0.25, 0.3) is 0 Å². The molecule has 1 saturated carbocycles. The molecule has 2 N–H and O–H groups in total. The molecule has 3 unspecified atom stereocenters. The van der Waals surface area contributed by atoms with E-state index in [2.05, 4.69) is 29.2 Å². The molecule has 0 aromatic carbocycles. The molecule has 2 aliphatic rings. The van der Waals surface area contributed by atoms with Crippen LogP contribution in [0.2, 0.25) is 0 Å². The van der Waals surface area contributed by atoms with E-state index >= 15 is 0 Å². The van der Waals surface area contributed by atoms with Crippen molar-refractivity contribution in [3.8, 4) is 0 Å². The second-order valence-electron chi connectivity index (χ2n) is 9.94. The Morgan fingerprint density at radius 3 is 2.74 bits per heavy atom.